The van der Waals surface area contributed by atoms with Crippen LogP contribution in [0.1, 0.15) is 36.3 Å². The molecule has 0 saturated carbocycles. The molecule has 4 aromatic rings. The first-order valence-corrected chi connectivity index (χ1v) is 14.2. The maximum atomic E-state index is 11.2. The molecule has 1 saturated heterocycles. The maximum absolute atomic E-state index is 11.2. The number of rotatable bonds is 8. The number of piperidine rings is 1. The third-order valence-electron chi connectivity index (χ3n) is 6.55. The molecule has 5 rings (SSSR count). The summed E-state index contributed by atoms with van der Waals surface area (Å²) in [6.07, 6.45) is 6.31. The van der Waals surface area contributed by atoms with Gasteiger partial charge in [-0.15, -0.1) is 11.3 Å². The molecule has 1 aliphatic heterocycles. The van der Waals surface area contributed by atoms with Gasteiger partial charge in [-0.25, -0.2) is 4.98 Å². The van der Waals surface area contributed by atoms with E-state index in [2.05, 4.69) is 22.2 Å². The van der Waals surface area contributed by atoms with E-state index in [1.165, 1.54) is 6.92 Å². The van der Waals surface area contributed by atoms with Crippen molar-refractivity contribution in [3.8, 4) is 34.2 Å². The van der Waals surface area contributed by atoms with Crippen LogP contribution in [0, 0.1) is 0 Å². The van der Waals surface area contributed by atoms with Crippen molar-refractivity contribution >= 4 is 46.6 Å². The number of likely N-dealkylation sites (tertiary alicyclic amines) is 1. The highest BCUT2D eigenvalue weighted by molar-refractivity contribution is 7.10. The highest BCUT2D eigenvalue weighted by Gasteiger charge is 2.23. The third kappa shape index (κ3) is 6.70. The molecule has 0 spiro atoms. The van der Waals surface area contributed by atoms with Gasteiger partial charge in [0.1, 0.15) is 11.4 Å². The first-order valence-electron chi connectivity index (χ1n) is 12.5. The number of hydrogen-bond acceptors (Lipinski definition) is 8. The summed E-state index contributed by atoms with van der Waals surface area (Å²) in [6, 6.07) is 12.8. The number of benzene rings is 2. The van der Waals surface area contributed by atoms with Crippen molar-refractivity contribution in [3.05, 3.63) is 74.5 Å². The Morgan fingerprint density at radius 1 is 1.10 bits per heavy atom. The fourth-order valence-corrected chi connectivity index (χ4v) is 5.78. The molecule has 7 nitrogen and oxygen atoms in total. The molecule has 0 bridgehead atoms. The maximum Gasteiger partial charge on any atom is 0.308 e. The Labute approximate surface area is 241 Å². The zero-order chi connectivity index (χ0) is 27.4. The minimum atomic E-state index is -0.374. The molecule has 3 heterocycles. The highest BCUT2D eigenvalue weighted by Crippen LogP contribution is 2.35. The Hall–Kier alpha value is -3.17. The molecule has 202 valence electrons. The number of halogens is 2. The lowest BCUT2D eigenvalue weighted by molar-refractivity contribution is -0.132. The Balaban J connectivity index is 1.14. The van der Waals surface area contributed by atoms with Crippen LogP contribution in [-0.4, -0.2) is 47.8 Å². The van der Waals surface area contributed by atoms with Crippen LogP contribution in [0.3, 0.4) is 0 Å². The van der Waals surface area contributed by atoms with Gasteiger partial charge in [0.25, 0.3) is 0 Å². The standard InChI is InChI=1S/C29H27Cl2N3O4S/c1-18(35)37-26-8-5-19(14-28(26)36-2)4-3-11-34-12-9-20(10-13-34)29-32-25(17-39-29)27-16-24(33-38-27)21-6-7-22(30)23(31)15-21/h3-8,14-17,20H,9-13H2,1-2H3. The molecular formula is C29H27Cl2N3O4S. The minimum Gasteiger partial charge on any atom is -0.493 e. The number of aromatic nitrogens is 2. The van der Waals surface area contributed by atoms with Gasteiger partial charge in [-0.3, -0.25) is 9.69 Å². The van der Waals surface area contributed by atoms with E-state index < -0.39 is 0 Å². The fourth-order valence-electron chi connectivity index (χ4n) is 4.50. The second-order valence-electron chi connectivity index (χ2n) is 9.26. The van der Waals surface area contributed by atoms with Gasteiger partial charge in [-0.1, -0.05) is 52.6 Å². The van der Waals surface area contributed by atoms with Gasteiger partial charge in [0.15, 0.2) is 17.3 Å². The number of carbonyl (C=O) groups is 1. The summed E-state index contributed by atoms with van der Waals surface area (Å²) >= 11 is 13.8. The minimum absolute atomic E-state index is 0.374. The summed E-state index contributed by atoms with van der Waals surface area (Å²) in [4.78, 5) is 18.6. The number of thiazole rings is 1. The van der Waals surface area contributed by atoms with Gasteiger partial charge in [-0.05, 0) is 55.8 Å². The van der Waals surface area contributed by atoms with Crippen molar-refractivity contribution < 1.29 is 18.8 Å². The predicted octanol–water partition coefficient (Wildman–Crippen LogP) is 7.60. The van der Waals surface area contributed by atoms with Crippen LogP contribution < -0.4 is 9.47 Å². The van der Waals surface area contributed by atoms with Crippen LogP contribution in [0.15, 0.2) is 58.4 Å². The lowest BCUT2D eigenvalue weighted by atomic mass is 9.97. The topological polar surface area (TPSA) is 77.7 Å². The van der Waals surface area contributed by atoms with Gasteiger partial charge in [0.05, 0.1) is 22.2 Å². The zero-order valence-corrected chi connectivity index (χ0v) is 23.9. The monoisotopic (exact) mass is 583 g/mol. The first kappa shape index (κ1) is 27.4. The third-order valence-corrected chi connectivity index (χ3v) is 8.30. The van der Waals surface area contributed by atoms with Gasteiger partial charge in [0, 0.05) is 36.4 Å². The molecule has 2 aromatic heterocycles. The molecule has 2 aromatic carbocycles. The quantitative estimate of drug-likeness (QED) is 0.156. The van der Waals surface area contributed by atoms with Crippen molar-refractivity contribution in [2.45, 2.75) is 25.7 Å². The van der Waals surface area contributed by atoms with Gasteiger partial charge >= 0.3 is 5.97 Å². The number of ether oxygens (including phenoxy) is 2. The van der Waals surface area contributed by atoms with Crippen LogP contribution in [0.2, 0.25) is 10.0 Å². The molecular weight excluding hydrogens is 557 g/mol. The summed E-state index contributed by atoms with van der Waals surface area (Å²) in [5.74, 6) is 1.65. The average Bonchev–Trinajstić information content (AvgIpc) is 3.62. The van der Waals surface area contributed by atoms with Gasteiger partial charge in [-0.2, -0.15) is 0 Å². The zero-order valence-electron chi connectivity index (χ0n) is 21.5. The SMILES string of the molecule is COc1cc(C=CCN2CCC(c3nc(-c4cc(-c5ccc(Cl)c(Cl)c5)no4)cs3)CC2)ccc1OC(C)=O. The van der Waals surface area contributed by atoms with E-state index in [9.17, 15) is 4.79 Å². The number of methoxy groups -OCH3 is 1. The Morgan fingerprint density at radius 3 is 2.67 bits per heavy atom. The van der Waals surface area contributed by atoms with Crippen molar-refractivity contribution in [1.29, 1.82) is 0 Å². The van der Waals surface area contributed by atoms with Crippen molar-refractivity contribution in [1.82, 2.24) is 15.0 Å². The Bertz CT molecular complexity index is 1490. The second kappa shape index (κ2) is 12.3. The van der Waals surface area contributed by atoms with E-state index in [1.807, 2.05) is 29.6 Å². The normalized spacial score (nSPS) is 14.7. The van der Waals surface area contributed by atoms with Crippen LogP contribution >= 0.6 is 34.5 Å². The van der Waals surface area contributed by atoms with Gasteiger partial charge < -0.3 is 14.0 Å². The van der Waals surface area contributed by atoms with Gasteiger partial charge in [0.2, 0.25) is 0 Å². The van der Waals surface area contributed by atoms with E-state index in [1.54, 1.807) is 36.6 Å². The molecule has 0 amide bonds. The lowest BCUT2D eigenvalue weighted by Crippen LogP contribution is -2.33. The Morgan fingerprint density at radius 2 is 1.92 bits per heavy atom. The second-order valence-corrected chi connectivity index (χ2v) is 11.0. The molecule has 0 radical (unpaired) electrons. The van der Waals surface area contributed by atoms with E-state index in [4.69, 9.17) is 42.2 Å². The Kier molecular flexibility index (Phi) is 8.67. The fraction of sp³-hybridized carbons (Fsp3) is 0.276. The summed E-state index contributed by atoms with van der Waals surface area (Å²) < 4.78 is 16.1. The van der Waals surface area contributed by atoms with Crippen LogP contribution in [-0.2, 0) is 4.79 Å². The van der Waals surface area contributed by atoms with Crippen molar-refractivity contribution in [2.24, 2.45) is 0 Å². The molecule has 1 fully saturated rings. The number of hydrogen-bond donors (Lipinski definition) is 0. The largest absolute Gasteiger partial charge is 0.493 e. The molecule has 1 aliphatic rings. The summed E-state index contributed by atoms with van der Waals surface area (Å²) in [5, 5.41) is 8.33. The summed E-state index contributed by atoms with van der Waals surface area (Å²) in [7, 11) is 1.56. The molecule has 0 aliphatic carbocycles. The van der Waals surface area contributed by atoms with Crippen molar-refractivity contribution in [2.75, 3.05) is 26.7 Å². The number of nitrogens with zero attached hydrogens (tertiary/aromatic N) is 3. The van der Waals surface area contributed by atoms with E-state index in [0.29, 0.717) is 38.9 Å². The molecule has 39 heavy (non-hydrogen) atoms. The lowest BCUT2D eigenvalue weighted by Gasteiger charge is -2.30. The number of esters is 1. The molecule has 0 N–H and O–H groups in total. The molecule has 0 atom stereocenters. The van der Waals surface area contributed by atoms with E-state index in [-0.39, 0.29) is 5.97 Å². The van der Waals surface area contributed by atoms with E-state index in [0.717, 1.165) is 54.3 Å². The molecule has 0 unspecified atom stereocenters. The van der Waals surface area contributed by atoms with Crippen molar-refractivity contribution in [3.63, 3.8) is 0 Å². The van der Waals surface area contributed by atoms with E-state index >= 15 is 0 Å². The highest BCUT2D eigenvalue weighted by atomic mass is 35.5. The van der Waals surface area contributed by atoms with Crippen LogP contribution in [0.25, 0.3) is 28.8 Å². The molecule has 10 heteroatoms. The average molecular weight is 585 g/mol. The van der Waals surface area contributed by atoms with Crippen LogP contribution in [0.4, 0.5) is 0 Å². The summed E-state index contributed by atoms with van der Waals surface area (Å²) in [5.41, 5.74) is 3.32. The summed E-state index contributed by atoms with van der Waals surface area (Å²) in [6.45, 7) is 4.24. The predicted molar refractivity (Wildman–Crippen MR) is 155 cm³/mol. The smallest absolute Gasteiger partial charge is 0.308 e. The number of carbonyl (C=O) groups excluding carboxylic acids is 1. The first-order chi connectivity index (χ1) is 18.9. The van der Waals surface area contributed by atoms with Crippen LogP contribution in [0.5, 0.6) is 11.5 Å².